The summed E-state index contributed by atoms with van der Waals surface area (Å²) >= 11 is 0. The van der Waals surface area contributed by atoms with Crippen molar-refractivity contribution >= 4 is 24.2 Å². The van der Waals surface area contributed by atoms with Crippen molar-refractivity contribution in [2.45, 2.75) is 25.8 Å². The molecule has 1 unspecified atom stereocenters. The summed E-state index contributed by atoms with van der Waals surface area (Å²) in [5.41, 5.74) is 12.2. The summed E-state index contributed by atoms with van der Waals surface area (Å²) in [7, 11) is 0. The van der Waals surface area contributed by atoms with Crippen LogP contribution < -0.4 is 16.8 Å². The average Bonchev–Trinajstić information content (AvgIpc) is 2.28. The number of benzene rings is 1. The number of primary amides is 1. The van der Waals surface area contributed by atoms with Crippen molar-refractivity contribution in [3.8, 4) is 0 Å². The van der Waals surface area contributed by atoms with Crippen LogP contribution in [0.4, 0.5) is 0 Å². The second-order valence-electron chi connectivity index (χ2n) is 4.35. The van der Waals surface area contributed by atoms with E-state index in [1.54, 1.807) is 25.1 Å². The highest BCUT2D eigenvalue weighted by atomic mass is 35.5. The van der Waals surface area contributed by atoms with Crippen molar-refractivity contribution in [1.29, 1.82) is 0 Å². The number of nitrogens with two attached hydrogens (primary N) is 2. The minimum Gasteiger partial charge on any atom is -0.366 e. The van der Waals surface area contributed by atoms with Gasteiger partial charge in [0, 0.05) is 24.6 Å². The molecule has 1 aromatic carbocycles. The fourth-order valence-electron chi connectivity index (χ4n) is 1.59. The van der Waals surface area contributed by atoms with Gasteiger partial charge in [-0.3, -0.25) is 9.59 Å². The molecule has 1 rings (SSSR count). The molecule has 0 aliphatic carbocycles. The van der Waals surface area contributed by atoms with E-state index < -0.39 is 5.91 Å². The number of hydrogen-bond acceptors (Lipinski definition) is 3. The van der Waals surface area contributed by atoms with E-state index in [4.69, 9.17) is 11.5 Å². The molecule has 1 atom stereocenters. The molecule has 19 heavy (non-hydrogen) atoms. The van der Waals surface area contributed by atoms with Gasteiger partial charge in [0.1, 0.15) is 0 Å². The molecule has 0 radical (unpaired) electrons. The average molecular weight is 286 g/mol. The topological polar surface area (TPSA) is 98.2 Å². The Kier molecular flexibility index (Phi) is 7.79. The van der Waals surface area contributed by atoms with Crippen LogP contribution in [0.1, 0.15) is 29.3 Å². The van der Waals surface area contributed by atoms with E-state index in [9.17, 15) is 9.59 Å². The van der Waals surface area contributed by atoms with Crippen LogP contribution >= 0.6 is 12.4 Å². The van der Waals surface area contributed by atoms with Gasteiger partial charge in [0.25, 0.3) is 0 Å². The maximum Gasteiger partial charge on any atom is 0.248 e. The summed E-state index contributed by atoms with van der Waals surface area (Å²) in [4.78, 5) is 22.3. The fourth-order valence-corrected chi connectivity index (χ4v) is 1.59. The van der Waals surface area contributed by atoms with Crippen molar-refractivity contribution < 1.29 is 9.59 Å². The number of carbonyl (C=O) groups excluding carboxylic acids is 2. The standard InChI is InChI=1S/C13H19N3O2.ClH/c1-9(14)7-12(17)16-6-5-10-3-2-4-11(8-10)13(15)18;/h2-4,8-9H,5-7,14H2,1H3,(H2,15,18)(H,16,17);1H. The number of halogens is 1. The summed E-state index contributed by atoms with van der Waals surface area (Å²) in [6.45, 7) is 2.31. The molecule has 0 fully saturated rings. The molecule has 5 nitrogen and oxygen atoms in total. The highest BCUT2D eigenvalue weighted by Crippen LogP contribution is 2.05. The lowest BCUT2D eigenvalue weighted by Gasteiger charge is -2.07. The van der Waals surface area contributed by atoms with Crippen LogP contribution in [0.3, 0.4) is 0 Å². The molecule has 0 aliphatic rings. The van der Waals surface area contributed by atoms with Crippen molar-refractivity contribution in [3.05, 3.63) is 35.4 Å². The fraction of sp³-hybridized carbons (Fsp3) is 0.385. The lowest BCUT2D eigenvalue weighted by Crippen LogP contribution is -2.31. The lowest BCUT2D eigenvalue weighted by molar-refractivity contribution is -0.121. The number of carbonyl (C=O) groups is 2. The van der Waals surface area contributed by atoms with Gasteiger partial charge in [0.05, 0.1) is 0 Å². The van der Waals surface area contributed by atoms with Crippen LogP contribution in [0.25, 0.3) is 0 Å². The molecule has 0 saturated heterocycles. The molecule has 0 heterocycles. The van der Waals surface area contributed by atoms with Crippen LogP contribution in [0.15, 0.2) is 24.3 Å². The van der Waals surface area contributed by atoms with E-state index in [0.29, 0.717) is 24.9 Å². The molecule has 0 bridgehead atoms. The van der Waals surface area contributed by atoms with Gasteiger partial charge in [-0.1, -0.05) is 12.1 Å². The van der Waals surface area contributed by atoms with Gasteiger partial charge in [-0.15, -0.1) is 12.4 Å². The predicted molar refractivity (Wildman–Crippen MR) is 77.2 cm³/mol. The molecule has 0 saturated carbocycles. The SMILES string of the molecule is CC(N)CC(=O)NCCc1cccc(C(N)=O)c1.Cl. The zero-order valence-corrected chi connectivity index (χ0v) is 11.7. The van der Waals surface area contributed by atoms with Crippen molar-refractivity contribution in [1.82, 2.24) is 5.32 Å². The van der Waals surface area contributed by atoms with Crippen LogP contribution in [-0.2, 0) is 11.2 Å². The van der Waals surface area contributed by atoms with E-state index in [0.717, 1.165) is 5.56 Å². The number of nitrogens with one attached hydrogen (secondary N) is 1. The summed E-state index contributed by atoms with van der Waals surface area (Å²) in [6.07, 6.45) is 0.979. The third-order valence-electron chi connectivity index (χ3n) is 2.45. The Bertz CT molecular complexity index is 436. The number of hydrogen-bond donors (Lipinski definition) is 3. The van der Waals surface area contributed by atoms with Gasteiger partial charge in [-0.2, -0.15) is 0 Å². The van der Waals surface area contributed by atoms with Gasteiger partial charge in [-0.05, 0) is 31.0 Å². The van der Waals surface area contributed by atoms with Crippen molar-refractivity contribution in [3.63, 3.8) is 0 Å². The third-order valence-corrected chi connectivity index (χ3v) is 2.45. The van der Waals surface area contributed by atoms with Gasteiger partial charge < -0.3 is 16.8 Å². The van der Waals surface area contributed by atoms with Crippen LogP contribution in [-0.4, -0.2) is 24.4 Å². The molecule has 6 heteroatoms. The van der Waals surface area contributed by atoms with E-state index in [2.05, 4.69) is 5.32 Å². The van der Waals surface area contributed by atoms with Gasteiger partial charge in [0.15, 0.2) is 0 Å². The van der Waals surface area contributed by atoms with E-state index in [-0.39, 0.29) is 24.4 Å². The zero-order chi connectivity index (χ0) is 13.5. The molecule has 106 valence electrons. The van der Waals surface area contributed by atoms with E-state index in [1.807, 2.05) is 6.07 Å². The number of amides is 2. The highest BCUT2D eigenvalue weighted by Gasteiger charge is 2.05. The first kappa shape index (κ1) is 17.4. The summed E-state index contributed by atoms with van der Waals surface area (Å²) in [5.74, 6) is -0.506. The first-order chi connectivity index (χ1) is 8.49. The predicted octanol–water partition coefficient (Wildman–Crippen LogP) is 0.603. The molecular formula is C13H20ClN3O2. The second-order valence-corrected chi connectivity index (χ2v) is 4.35. The summed E-state index contributed by atoms with van der Waals surface area (Å²) in [6, 6.07) is 6.94. The Balaban J connectivity index is 0.00000324. The molecular weight excluding hydrogens is 266 g/mol. The molecule has 0 aromatic heterocycles. The second kappa shape index (κ2) is 8.50. The molecule has 0 spiro atoms. The quantitative estimate of drug-likeness (QED) is 0.714. The molecule has 2 amide bonds. The summed E-state index contributed by atoms with van der Waals surface area (Å²) in [5, 5.41) is 2.78. The zero-order valence-electron chi connectivity index (χ0n) is 10.9. The Hall–Kier alpha value is -1.59. The summed E-state index contributed by atoms with van der Waals surface area (Å²) < 4.78 is 0. The van der Waals surface area contributed by atoms with E-state index in [1.165, 1.54) is 0 Å². The first-order valence-electron chi connectivity index (χ1n) is 5.90. The van der Waals surface area contributed by atoms with Crippen LogP contribution in [0.5, 0.6) is 0 Å². The smallest absolute Gasteiger partial charge is 0.248 e. The Morgan fingerprint density at radius 2 is 2.05 bits per heavy atom. The third kappa shape index (κ3) is 6.79. The van der Waals surface area contributed by atoms with Crippen molar-refractivity contribution in [2.24, 2.45) is 11.5 Å². The van der Waals surface area contributed by atoms with Gasteiger partial charge in [0.2, 0.25) is 11.8 Å². The monoisotopic (exact) mass is 285 g/mol. The lowest BCUT2D eigenvalue weighted by atomic mass is 10.1. The first-order valence-corrected chi connectivity index (χ1v) is 5.90. The minimum atomic E-state index is -0.446. The van der Waals surface area contributed by atoms with Crippen molar-refractivity contribution in [2.75, 3.05) is 6.54 Å². The van der Waals surface area contributed by atoms with Crippen LogP contribution in [0.2, 0.25) is 0 Å². The largest absolute Gasteiger partial charge is 0.366 e. The molecule has 1 aromatic rings. The Morgan fingerprint density at radius 3 is 2.63 bits per heavy atom. The number of rotatable bonds is 6. The van der Waals surface area contributed by atoms with Gasteiger partial charge >= 0.3 is 0 Å². The minimum absolute atomic E-state index is 0. The van der Waals surface area contributed by atoms with Crippen LogP contribution in [0, 0.1) is 0 Å². The van der Waals surface area contributed by atoms with Gasteiger partial charge in [-0.25, -0.2) is 0 Å². The highest BCUT2D eigenvalue weighted by molar-refractivity contribution is 5.92. The van der Waals surface area contributed by atoms with E-state index >= 15 is 0 Å². The molecule has 5 N–H and O–H groups in total. The maximum atomic E-state index is 11.4. The molecule has 0 aliphatic heterocycles. The Morgan fingerprint density at radius 1 is 1.37 bits per heavy atom. The Labute approximate surface area is 119 Å². The maximum absolute atomic E-state index is 11.4. The normalized spacial score (nSPS) is 11.3.